The average molecular weight is 300 g/mol. The molecular formula is C14H16N6O2. The van der Waals surface area contributed by atoms with E-state index in [0.29, 0.717) is 17.1 Å². The molecule has 4 N–H and O–H groups in total. The van der Waals surface area contributed by atoms with Gasteiger partial charge in [-0.3, -0.25) is 14.2 Å². The number of amides is 1. The van der Waals surface area contributed by atoms with Crippen molar-refractivity contribution in [3.8, 4) is 11.4 Å². The monoisotopic (exact) mass is 300 g/mol. The van der Waals surface area contributed by atoms with Crippen molar-refractivity contribution in [2.75, 3.05) is 17.7 Å². The summed E-state index contributed by atoms with van der Waals surface area (Å²) in [6, 6.07) is 5.24. The van der Waals surface area contributed by atoms with E-state index < -0.39 is 23.8 Å². The minimum atomic E-state index is -1.16. The zero-order chi connectivity index (χ0) is 16.0. The summed E-state index contributed by atoms with van der Waals surface area (Å²) in [5, 5.41) is 7.85. The van der Waals surface area contributed by atoms with Crippen LogP contribution in [0.4, 0.5) is 11.6 Å². The van der Waals surface area contributed by atoms with Crippen LogP contribution in [0.2, 0.25) is 0 Å². The molecule has 1 amide bonds. The first-order valence-electron chi connectivity index (χ1n) is 6.80. The third kappa shape index (κ3) is 1.88. The number of ketones is 1. The van der Waals surface area contributed by atoms with Gasteiger partial charge in [0.05, 0.1) is 11.7 Å². The summed E-state index contributed by atoms with van der Waals surface area (Å²) in [5.74, 6) is -0.463. The molecule has 1 aliphatic heterocycles. The second-order valence-electron chi connectivity index (χ2n) is 5.26. The lowest BCUT2D eigenvalue weighted by Crippen LogP contribution is -2.43. The Hall–Kier alpha value is -2.74. The highest BCUT2D eigenvalue weighted by molar-refractivity contribution is 6.14. The Labute approximate surface area is 126 Å². The van der Waals surface area contributed by atoms with Gasteiger partial charge < -0.3 is 16.4 Å². The number of likely N-dealkylation sites (N-methyl/N-ethyl adjacent to an activating group) is 1. The van der Waals surface area contributed by atoms with Crippen LogP contribution in [0.25, 0.3) is 11.4 Å². The van der Waals surface area contributed by atoms with Gasteiger partial charge in [0.15, 0.2) is 17.6 Å². The quantitative estimate of drug-likeness (QED) is 0.751. The maximum Gasteiger partial charge on any atom is 0.257 e. The molecule has 2 atom stereocenters. The summed E-state index contributed by atoms with van der Waals surface area (Å²) >= 11 is 0. The Balaban J connectivity index is 2.31. The van der Waals surface area contributed by atoms with Gasteiger partial charge in [-0.05, 0) is 19.1 Å². The smallest absolute Gasteiger partial charge is 0.257 e. The summed E-state index contributed by atoms with van der Waals surface area (Å²) in [6.45, 7) is 1.54. The summed E-state index contributed by atoms with van der Waals surface area (Å²) in [6.07, 6.45) is 0. The number of nitrogens with zero attached hydrogens (tertiary/aromatic N) is 4. The van der Waals surface area contributed by atoms with Gasteiger partial charge in [0.25, 0.3) is 5.91 Å². The summed E-state index contributed by atoms with van der Waals surface area (Å²) in [4.78, 5) is 26.7. The molecule has 0 spiro atoms. The fraction of sp³-hybridized carbons (Fsp3) is 0.286. The van der Waals surface area contributed by atoms with Gasteiger partial charge in [-0.2, -0.15) is 0 Å². The maximum atomic E-state index is 12.8. The van der Waals surface area contributed by atoms with E-state index in [1.807, 2.05) is 6.07 Å². The van der Waals surface area contributed by atoms with Crippen molar-refractivity contribution in [3.63, 3.8) is 0 Å². The Bertz CT molecular complexity index is 766. The van der Waals surface area contributed by atoms with Crippen LogP contribution in [0.1, 0.15) is 13.0 Å². The van der Waals surface area contributed by atoms with E-state index >= 15 is 0 Å². The van der Waals surface area contributed by atoms with Crippen molar-refractivity contribution in [2.45, 2.75) is 19.0 Å². The lowest BCUT2D eigenvalue weighted by molar-refractivity contribution is -0.131. The number of rotatable bonds is 2. The van der Waals surface area contributed by atoms with Crippen molar-refractivity contribution < 1.29 is 9.59 Å². The van der Waals surface area contributed by atoms with Gasteiger partial charge in [-0.1, -0.05) is 12.1 Å². The molecule has 114 valence electrons. The molecule has 1 aliphatic rings. The van der Waals surface area contributed by atoms with Crippen molar-refractivity contribution in [1.82, 2.24) is 14.8 Å². The lowest BCUT2D eigenvalue weighted by Gasteiger charge is -2.22. The molecule has 8 nitrogen and oxygen atoms in total. The van der Waals surface area contributed by atoms with E-state index in [-0.39, 0.29) is 5.95 Å². The SMILES string of the molecule is C[C@H](N)C(=O)C1C(=O)N(C)c2ccccc2-c2nnc(N)n21. The molecule has 0 saturated carbocycles. The predicted octanol–water partition coefficient (Wildman–Crippen LogP) is -0.0389. The molecule has 2 heterocycles. The van der Waals surface area contributed by atoms with Crippen molar-refractivity contribution in [3.05, 3.63) is 24.3 Å². The highest BCUT2D eigenvalue weighted by Crippen LogP contribution is 2.36. The largest absolute Gasteiger partial charge is 0.368 e. The molecule has 0 aliphatic carbocycles. The molecule has 1 aromatic carbocycles. The Morgan fingerprint density at radius 3 is 2.68 bits per heavy atom. The average Bonchev–Trinajstić information content (AvgIpc) is 2.84. The van der Waals surface area contributed by atoms with E-state index in [1.54, 1.807) is 25.2 Å². The number of nitrogens with two attached hydrogens (primary N) is 2. The normalized spacial score (nSPS) is 18.4. The number of hydrogen-bond acceptors (Lipinski definition) is 6. The van der Waals surface area contributed by atoms with Crippen LogP contribution < -0.4 is 16.4 Å². The molecule has 22 heavy (non-hydrogen) atoms. The molecule has 0 radical (unpaired) electrons. The first kappa shape index (κ1) is 14.2. The number of carbonyl (C=O) groups is 2. The molecule has 0 fully saturated rings. The fourth-order valence-corrected chi connectivity index (χ4v) is 2.61. The number of aromatic nitrogens is 3. The van der Waals surface area contributed by atoms with Crippen LogP contribution >= 0.6 is 0 Å². The van der Waals surface area contributed by atoms with Crippen LogP contribution in [-0.2, 0) is 9.59 Å². The van der Waals surface area contributed by atoms with E-state index in [1.165, 1.54) is 16.4 Å². The third-order valence-electron chi connectivity index (χ3n) is 3.77. The molecular weight excluding hydrogens is 284 g/mol. The fourth-order valence-electron chi connectivity index (χ4n) is 2.61. The van der Waals surface area contributed by atoms with Crippen LogP contribution in [0.3, 0.4) is 0 Å². The van der Waals surface area contributed by atoms with Gasteiger partial charge in [0.2, 0.25) is 5.95 Å². The number of benzene rings is 1. The maximum absolute atomic E-state index is 12.8. The second kappa shape index (κ2) is 4.92. The number of carbonyl (C=O) groups excluding carboxylic acids is 2. The summed E-state index contributed by atoms with van der Waals surface area (Å²) in [5.41, 5.74) is 12.9. The van der Waals surface area contributed by atoms with E-state index in [0.717, 1.165) is 0 Å². The van der Waals surface area contributed by atoms with Gasteiger partial charge in [0, 0.05) is 12.6 Å². The first-order valence-corrected chi connectivity index (χ1v) is 6.80. The van der Waals surface area contributed by atoms with Gasteiger partial charge in [-0.25, -0.2) is 0 Å². The standard InChI is InChI=1S/C14H16N6O2/c1-7(15)11(21)10-13(22)19(2)9-6-4-3-5-8(9)12-17-18-14(16)20(10)12/h3-7,10H,15H2,1-2H3,(H2,16,18)/t7-,10?/m0/s1. The topological polar surface area (TPSA) is 120 Å². The third-order valence-corrected chi connectivity index (χ3v) is 3.77. The molecule has 1 aromatic heterocycles. The van der Waals surface area contributed by atoms with E-state index in [9.17, 15) is 9.59 Å². The highest BCUT2D eigenvalue weighted by atomic mass is 16.2. The number of anilines is 2. The molecule has 3 rings (SSSR count). The molecule has 0 bridgehead atoms. The number of para-hydroxylation sites is 1. The molecule has 0 saturated heterocycles. The zero-order valence-electron chi connectivity index (χ0n) is 12.2. The summed E-state index contributed by atoms with van der Waals surface area (Å²) in [7, 11) is 1.61. The lowest BCUT2D eigenvalue weighted by atomic mass is 10.1. The van der Waals surface area contributed by atoms with Crippen molar-refractivity contribution >= 4 is 23.3 Å². The summed E-state index contributed by atoms with van der Waals surface area (Å²) < 4.78 is 1.36. The van der Waals surface area contributed by atoms with Crippen LogP contribution in [0, 0.1) is 0 Å². The molecule has 1 unspecified atom stereocenters. The first-order chi connectivity index (χ1) is 10.4. The highest BCUT2D eigenvalue weighted by Gasteiger charge is 2.39. The van der Waals surface area contributed by atoms with Crippen LogP contribution in [0.5, 0.6) is 0 Å². The molecule has 8 heteroatoms. The minimum absolute atomic E-state index is 0.00690. The Morgan fingerprint density at radius 1 is 1.32 bits per heavy atom. The zero-order valence-corrected chi connectivity index (χ0v) is 12.2. The van der Waals surface area contributed by atoms with Gasteiger partial charge >= 0.3 is 0 Å². The van der Waals surface area contributed by atoms with Gasteiger partial charge in [0.1, 0.15) is 0 Å². The Morgan fingerprint density at radius 2 is 2.00 bits per heavy atom. The van der Waals surface area contributed by atoms with E-state index in [2.05, 4.69) is 10.2 Å². The number of fused-ring (bicyclic) bond motifs is 3. The van der Waals surface area contributed by atoms with Crippen LogP contribution in [0.15, 0.2) is 24.3 Å². The van der Waals surface area contributed by atoms with Crippen LogP contribution in [-0.4, -0.2) is 39.5 Å². The van der Waals surface area contributed by atoms with Gasteiger partial charge in [-0.15, -0.1) is 10.2 Å². The van der Waals surface area contributed by atoms with Crippen molar-refractivity contribution in [1.29, 1.82) is 0 Å². The second-order valence-corrected chi connectivity index (χ2v) is 5.26. The number of Topliss-reactive ketones (excluding diaryl/α,β-unsaturated/α-hetero) is 1. The number of nitrogen functional groups attached to an aromatic ring is 1. The minimum Gasteiger partial charge on any atom is -0.368 e. The van der Waals surface area contributed by atoms with Crippen molar-refractivity contribution in [2.24, 2.45) is 5.73 Å². The number of hydrogen-bond donors (Lipinski definition) is 2. The molecule has 2 aromatic rings. The predicted molar refractivity (Wildman–Crippen MR) is 81.0 cm³/mol. The Kier molecular flexibility index (Phi) is 3.18. The van der Waals surface area contributed by atoms with E-state index in [4.69, 9.17) is 11.5 Å².